The van der Waals surface area contributed by atoms with Gasteiger partial charge in [0.2, 0.25) is 0 Å². The Bertz CT molecular complexity index is 372. The van der Waals surface area contributed by atoms with Gasteiger partial charge in [-0.2, -0.15) is 0 Å². The summed E-state index contributed by atoms with van der Waals surface area (Å²) in [4.78, 5) is 11.1. The summed E-state index contributed by atoms with van der Waals surface area (Å²) in [5, 5.41) is 0. The number of thiol groups is 1. The first-order valence-electron chi connectivity index (χ1n) is 3.19. The van der Waals surface area contributed by atoms with Crippen LogP contribution in [0.25, 0.3) is 0 Å². The van der Waals surface area contributed by atoms with Crippen LogP contribution in [0.2, 0.25) is 0 Å². The van der Waals surface area contributed by atoms with Crippen LogP contribution >= 0.6 is 28.7 Å². The van der Waals surface area contributed by atoms with Crippen LogP contribution in [0.15, 0.2) is 25.9 Å². The van der Waals surface area contributed by atoms with Crippen LogP contribution in [-0.2, 0) is 7.05 Å². The van der Waals surface area contributed by atoms with Gasteiger partial charge in [-0.1, -0.05) is 0 Å². The normalized spacial score (nSPS) is 10.9. The summed E-state index contributed by atoms with van der Waals surface area (Å²) in [5.74, 6) is 0. The highest BCUT2D eigenvalue weighted by Gasteiger charge is 1.98. The van der Waals surface area contributed by atoms with Crippen molar-refractivity contribution in [1.82, 2.24) is 4.57 Å². The minimum atomic E-state index is -0.0681. The Morgan fingerprint density at radius 3 is 3.00 bits per heavy atom. The van der Waals surface area contributed by atoms with Crippen molar-refractivity contribution in [3.63, 3.8) is 0 Å². The molecule has 1 aromatic rings. The molecule has 0 amide bonds. The summed E-state index contributed by atoms with van der Waals surface area (Å²) in [5.41, 5.74) is 0.662. The smallest absolute Gasteiger partial charge is 0.250 e. The average molecular weight is 247 g/mol. The van der Waals surface area contributed by atoms with E-state index in [2.05, 4.69) is 33.1 Å². The summed E-state index contributed by atoms with van der Waals surface area (Å²) in [6.07, 6.45) is 3.20. The quantitative estimate of drug-likeness (QED) is 0.591. The number of pyridine rings is 1. The monoisotopic (exact) mass is 246 g/mol. The summed E-state index contributed by atoms with van der Waals surface area (Å²) in [7, 11) is 1.69. The van der Waals surface area contributed by atoms with Crippen LogP contribution in [0.4, 0.5) is 0 Å². The first kappa shape index (κ1) is 9.54. The maximum Gasteiger partial charge on any atom is 0.250 e. The number of rotatable bonds is 1. The van der Waals surface area contributed by atoms with E-state index in [1.54, 1.807) is 13.2 Å². The second-order valence-electron chi connectivity index (χ2n) is 2.27. The Balaban J connectivity index is 3.33. The summed E-state index contributed by atoms with van der Waals surface area (Å²) < 4.78 is 5.84. The Kier molecular flexibility index (Phi) is 3.11. The Hall–Kier alpha value is -0.550. The zero-order valence-corrected chi connectivity index (χ0v) is 8.84. The molecule has 0 aromatic carbocycles. The minimum absolute atomic E-state index is 0.0681. The van der Waals surface area contributed by atoms with Gasteiger partial charge in [0.05, 0.1) is 0 Å². The molecule has 0 aliphatic carbocycles. The van der Waals surface area contributed by atoms with Crippen LogP contribution in [0.3, 0.4) is 0 Å². The number of nitrogens with zero attached hydrogens (tertiary/aromatic N) is 2. The molecule has 0 unspecified atom stereocenters. The molecule has 1 heterocycles. The molecular formula is C7H7BrN2OS. The first-order valence-corrected chi connectivity index (χ1v) is 4.38. The van der Waals surface area contributed by atoms with Gasteiger partial charge in [0, 0.05) is 35.6 Å². The van der Waals surface area contributed by atoms with Crippen molar-refractivity contribution in [3.8, 4) is 0 Å². The lowest BCUT2D eigenvalue weighted by atomic mass is 10.3. The van der Waals surface area contributed by atoms with Crippen molar-refractivity contribution in [2.24, 2.45) is 11.4 Å². The van der Waals surface area contributed by atoms with Crippen molar-refractivity contribution in [2.45, 2.75) is 0 Å². The fraction of sp³-hybridized carbons (Fsp3) is 0.143. The van der Waals surface area contributed by atoms with Gasteiger partial charge in [-0.05, 0) is 28.7 Å². The van der Waals surface area contributed by atoms with E-state index in [0.29, 0.717) is 0 Å². The highest BCUT2D eigenvalue weighted by atomic mass is 79.9. The van der Waals surface area contributed by atoms with Gasteiger partial charge in [-0.25, -0.2) is 4.40 Å². The molecule has 5 heteroatoms. The second-order valence-corrected chi connectivity index (χ2v) is 3.36. The molecule has 0 saturated heterocycles. The third kappa shape index (κ3) is 1.98. The van der Waals surface area contributed by atoms with E-state index in [9.17, 15) is 4.79 Å². The second kappa shape index (κ2) is 3.91. The molecule has 0 bridgehead atoms. The molecule has 1 aromatic heterocycles. The lowest BCUT2D eigenvalue weighted by Crippen LogP contribution is -2.15. The van der Waals surface area contributed by atoms with Gasteiger partial charge in [0.1, 0.15) is 0 Å². The Morgan fingerprint density at radius 2 is 2.42 bits per heavy atom. The fourth-order valence-electron chi connectivity index (χ4n) is 0.773. The maximum absolute atomic E-state index is 11.1. The van der Waals surface area contributed by atoms with Crippen molar-refractivity contribution >= 4 is 35.0 Å². The van der Waals surface area contributed by atoms with E-state index in [-0.39, 0.29) is 5.56 Å². The number of hydrogen-bond acceptors (Lipinski definition) is 3. The van der Waals surface area contributed by atoms with Crippen molar-refractivity contribution < 1.29 is 0 Å². The molecule has 12 heavy (non-hydrogen) atoms. The largest absolute Gasteiger partial charge is 0.317 e. The molecule has 0 N–H and O–H groups in total. The summed E-state index contributed by atoms with van der Waals surface area (Å²) in [6.45, 7) is 0. The van der Waals surface area contributed by atoms with E-state index in [1.165, 1.54) is 16.8 Å². The lowest BCUT2D eigenvalue weighted by molar-refractivity contribution is 0.854. The van der Waals surface area contributed by atoms with Gasteiger partial charge in [-0.15, -0.1) is 0 Å². The molecule has 1 rings (SSSR count). The molecule has 0 saturated carbocycles. The molecule has 0 radical (unpaired) electrons. The zero-order chi connectivity index (χ0) is 9.14. The van der Waals surface area contributed by atoms with Crippen LogP contribution in [0.5, 0.6) is 0 Å². The van der Waals surface area contributed by atoms with Crippen LogP contribution in [0, 0.1) is 0 Å². The zero-order valence-electron chi connectivity index (χ0n) is 6.36. The van der Waals surface area contributed by atoms with Gasteiger partial charge in [0.15, 0.2) is 0 Å². The maximum atomic E-state index is 11.1. The predicted molar refractivity (Wildman–Crippen MR) is 56.0 cm³/mol. The molecular weight excluding hydrogens is 240 g/mol. The van der Waals surface area contributed by atoms with Crippen molar-refractivity contribution in [3.05, 3.63) is 32.7 Å². The van der Waals surface area contributed by atoms with Crippen LogP contribution in [0.1, 0.15) is 5.56 Å². The molecule has 3 nitrogen and oxygen atoms in total. The number of aryl methyl sites for hydroxylation is 1. The van der Waals surface area contributed by atoms with Crippen molar-refractivity contribution in [1.29, 1.82) is 0 Å². The van der Waals surface area contributed by atoms with E-state index >= 15 is 0 Å². The molecule has 0 aliphatic heterocycles. The first-order chi connectivity index (χ1) is 5.65. The Morgan fingerprint density at radius 1 is 1.75 bits per heavy atom. The van der Waals surface area contributed by atoms with Gasteiger partial charge in [-0.3, -0.25) is 4.79 Å². The molecule has 0 fully saturated rings. The van der Waals surface area contributed by atoms with E-state index in [4.69, 9.17) is 0 Å². The highest BCUT2D eigenvalue weighted by Crippen LogP contribution is 2.11. The number of halogens is 1. The van der Waals surface area contributed by atoms with E-state index in [0.717, 1.165) is 10.0 Å². The Labute approximate surface area is 83.8 Å². The van der Waals surface area contributed by atoms with Gasteiger partial charge in [0.25, 0.3) is 5.56 Å². The lowest BCUT2D eigenvalue weighted by Gasteiger charge is -1.99. The molecule has 0 aliphatic rings. The molecule has 64 valence electrons. The molecule has 0 spiro atoms. The minimum Gasteiger partial charge on any atom is -0.317 e. The van der Waals surface area contributed by atoms with Gasteiger partial charge < -0.3 is 4.57 Å². The highest BCUT2D eigenvalue weighted by molar-refractivity contribution is 9.10. The molecule has 0 atom stereocenters. The SMILES string of the molecule is Cn1cc(Br)c(C=NS)cc1=O. The number of aromatic nitrogens is 1. The van der Waals surface area contributed by atoms with E-state index in [1.807, 2.05) is 0 Å². The topological polar surface area (TPSA) is 34.4 Å². The van der Waals surface area contributed by atoms with E-state index < -0.39 is 0 Å². The van der Waals surface area contributed by atoms with Gasteiger partial charge >= 0.3 is 0 Å². The third-order valence-electron chi connectivity index (χ3n) is 1.41. The van der Waals surface area contributed by atoms with Crippen LogP contribution < -0.4 is 5.56 Å². The number of hydrogen-bond donors (Lipinski definition) is 1. The third-order valence-corrected chi connectivity index (χ3v) is 2.18. The summed E-state index contributed by atoms with van der Waals surface area (Å²) >= 11 is 6.98. The fourth-order valence-corrected chi connectivity index (χ4v) is 1.42. The van der Waals surface area contributed by atoms with Crippen molar-refractivity contribution in [2.75, 3.05) is 0 Å². The standard InChI is InChI=1S/C7H7BrN2OS/c1-10-4-6(8)5(3-9-12)2-7(10)11/h2-4,12H,1H3. The average Bonchev–Trinajstić information content (AvgIpc) is 2.01. The summed E-state index contributed by atoms with van der Waals surface area (Å²) in [6, 6.07) is 1.49. The predicted octanol–water partition coefficient (Wildman–Crippen LogP) is 1.41. The van der Waals surface area contributed by atoms with Crippen LogP contribution in [-0.4, -0.2) is 10.8 Å².